The summed E-state index contributed by atoms with van der Waals surface area (Å²) in [6.45, 7) is 5.64. The number of hydrogen-bond acceptors (Lipinski definition) is 3. The number of benzene rings is 1. The normalized spacial score (nSPS) is 13.5. The van der Waals surface area contributed by atoms with Gasteiger partial charge in [-0.05, 0) is 56.2 Å². The SMILES string of the molecule is Cc1ccc(NC(=O)NC[C@](C)(O)c2ccco2)cc1C. The van der Waals surface area contributed by atoms with Gasteiger partial charge in [0.2, 0.25) is 0 Å². The fourth-order valence-electron chi connectivity index (χ4n) is 1.92. The molecule has 1 atom stereocenters. The predicted octanol–water partition coefficient (Wildman–Crippen LogP) is 2.93. The lowest BCUT2D eigenvalue weighted by Crippen LogP contribution is -2.40. The molecule has 5 heteroatoms. The second-order valence-corrected chi connectivity index (χ2v) is 5.36. The number of carbonyl (C=O) groups excluding carboxylic acids is 1. The van der Waals surface area contributed by atoms with E-state index in [0.29, 0.717) is 11.4 Å². The molecule has 0 fully saturated rings. The highest BCUT2D eigenvalue weighted by Gasteiger charge is 2.26. The molecule has 1 heterocycles. The van der Waals surface area contributed by atoms with Gasteiger partial charge >= 0.3 is 6.03 Å². The molecule has 3 N–H and O–H groups in total. The Kier molecular flexibility index (Phi) is 4.33. The second kappa shape index (κ2) is 6.01. The summed E-state index contributed by atoms with van der Waals surface area (Å²) in [6, 6.07) is 8.68. The van der Waals surface area contributed by atoms with Crippen LogP contribution in [0.4, 0.5) is 10.5 Å². The van der Waals surface area contributed by atoms with Crippen LogP contribution in [0, 0.1) is 13.8 Å². The smallest absolute Gasteiger partial charge is 0.319 e. The number of nitrogens with one attached hydrogen (secondary N) is 2. The fraction of sp³-hybridized carbons (Fsp3) is 0.312. The van der Waals surface area contributed by atoms with Crippen LogP contribution in [0.5, 0.6) is 0 Å². The quantitative estimate of drug-likeness (QED) is 0.809. The van der Waals surface area contributed by atoms with Crippen molar-refractivity contribution in [2.75, 3.05) is 11.9 Å². The number of amides is 2. The molecule has 2 rings (SSSR count). The number of urea groups is 1. The Bertz CT molecular complexity index is 618. The van der Waals surface area contributed by atoms with Crippen LogP contribution in [-0.2, 0) is 5.60 Å². The van der Waals surface area contributed by atoms with E-state index in [0.717, 1.165) is 5.56 Å². The van der Waals surface area contributed by atoms with Gasteiger partial charge in [0, 0.05) is 5.69 Å². The zero-order valence-electron chi connectivity index (χ0n) is 12.4. The summed E-state index contributed by atoms with van der Waals surface area (Å²) in [5, 5.41) is 15.6. The molecule has 112 valence electrons. The molecule has 0 saturated carbocycles. The van der Waals surface area contributed by atoms with E-state index in [1.807, 2.05) is 32.0 Å². The van der Waals surface area contributed by atoms with E-state index in [2.05, 4.69) is 10.6 Å². The highest BCUT2D eigenvalue weighted by molar-refractivity contribution is 5.89. The summed E-state index contributed by atoms with van der Waals surface area (Å²) in [5.41, 5.74) is 1.75. The monoisotopic (exact) mass is 288 g/mol. The van der Waals surface area contributed by atoms with Gasteiger partial charge in [-0.25, -0.2) is 4.79 Å². The molecule has 0 aliphatic heterocycles. The molecular weight excluding hydrogens is 268 g/mol. The van der Waals surface area contributed by atoms with E-state index in [1.54, 1.807) is 19.1 Å². The average Bonchev–Trinajstić information content (AvgIpc) is 2.96. The van der Waals surface area contributed by atoms with Gasteiger partial charge in [0.05, 0.1) is 12.8 Å². The van der Waals surface area contributed by atoms with E-state index < -0.39 is 5.60 Å². The molecule has 0 unspecified atom stereocenters. The number of anilines is 1. The van der Waals surface area contributed by atoms with Gasteiger partial charge in [0.1, 0.15) is 11.4 Å². The number of hydrogen-bond donors (Lipinski definition) is 3. The summed E-state index contributed by atoms with van der Waals surface area (Å²) >= 11 is 0. The van der Waals surface area contributed by atoms with Crippen LogP contribution in [0.25, 0.3) is 0 Å². The largest absolute Gasteiger partial charge is 0.466 e. The first-order valence-electron chi connectivity index (χ1n) is 6.77. The Hall–Kier alpha value is -2.27. The topological polar surface area (TPSA) is 74.5 Å². The molecule has 0 bridgehead atoms. The van der Waals surface area contributed by atoms with Gasteiger partial charge in [-0.1, -0.05) is 6.07 Å². The molecular formula is C16H20N2O3. The van der Waals surface area contributed by atoms with Crippen molar-refractivity contribution in [2.45, 2.75) is 26.4 Å². The van der Waals surface area contributed by atoms with Gasteiger partial charge < -0.3 is 20.2 Å². The average molecular weight is 288 g/mol. The number of carbonyl (C=O) groups is 1. The molecule has 21 heavy (non-hydrogen) atoms. The predicted molar refractivity (Wildman–Crippen MR) is 81.2 cm³/mol. The molecule has 0 radical (unpaired) electrons. The molecule has 1 aromatic heterocycles. The Labute approximate surface area is 124 Å². The van der Waals surface area contributed by atoms with Crippen molar-refractivity contribution in [3.63, 3.8) is 0 Å². The Morgan fingerprint density at radius 2 is 2.05 bits per heavy atom. The van der Waals surface area contributed by atoms with Crippen molar-refractivity contribution in [2.24, 2.45) is 0 Å². The van der Waals surface area contributed by atoms with Gasteiger partial charge in [0.15, 0.2) is 0 Å². The van der Waals surface area contributed by atoms with Crippen molar-refractivity contribution >= 4 is 11.7 Å². The maximum Gasteiger partial charge on any atom is 0.319 e. The van der Waals surface area contributed by atoms with Crippen LogP contribution in [0.15, 0.2) is 41.0 Å². The second-order valence-electron chi connectivity index (χ2n) is 5.36. The molecule has 2 aromatic rings. The Morgan fingerprint density at radius 1 is 1.29 bits per heavy atom. The third-order valence-electron chi connectivity index (χ3n) is 3.41. The zero-order chi connectivity index (χ0) is 15.5. The summed E-state index contributed by atoms with van der Waals surface area (Å²) in [6.07, 6.45) is 1.49. The van der Waals surface area contributed by atoms with Gasteiger partial charge in [-0.3, -0.25) is 0 Å². The standard InChI is InChI=1S/C16H20N2O3/c1-11-6-7-13(9-12(11)2)18-15(19)17-10-16(3,20)14-5-4-8-21-14/h4-9,20H,10H2,1-3H3,(H2,17,18,19)/t16-/m0/s1. The third kappa shape index (κ3) is 3.86. The van der Waals surface area contributed by atoms with Crippen molar-refractivity contribution in [1.82, 2.24) is 5.32 Å². The minimum Gasteiger partial charge on any atom is -0.466 e. The third-order valence-corrected chi connectivity index (χ3v) is 3.41. The lowest BCUT2D eigenvalue weighted by Gasteiger charge is -2.21. The van der Waals surface area contributed by atoms with Crippen molar-refractivity contribution in [1.29, 1.82) is 0 Å². The molecule has 1 aromatic carbocycles. The number of rotatable bonds is 4. The molecule has 0 saturated heterocycles. The minimum absolute atomic E-state index is 0.0528. The highest BCUT2D eigenvalue weighted by atomic mass is 16.4. The number of furan rings is 1. The molecule has 0 spiro atoms. The first-order chi connectivity index (χ1) is 9.88. The first-order valence-corrected chi connectivity index (χ1v) is 6.77. The maximum atomic E-state index is 11.9. The summed E-state index contributed by atoms with van der Waals surface area (Å²) in [4.78, 5) is 11.9. The van der Waals surface area contributed by atoms with E-state index in [9.17, 15) is 9.90 Å². The summed E-state index contributed by atoms with van der Waals surface area (Å²) in [5.74, 6) is 0.411. The zero-order valence-corrected chi connectivity index (χ0v) is 12.4. The Balaban J connectivity index is 1.91. The van der Waals surface area contributed by atoms with Crippen LogP contribution in [0.2, 0.25) is 0 Å². The van der Waals surface area contributed by atoms with Crippen LogP contribution in [0.1, 0.15) is 23.8 Å². The lowest BCUT2D eigenvalue weighted by atomic mass is 10.0. The number of aliphatic hydroxyl groups is 1. The minimum atomic E-state index is -1.25. The highest BCUT2D eigenvalue weighted by Crippen LogP contribution is 2.20. The van der Waals surface area contributed by atoms with E-state index in [-0.39, 0.29) is 12.6 Å². The van der Waals surface area contributed by atoms with Crippen LogP contribution < -0.4 is 10.6 Å². The van der Waals surface area contributed by atoms with E-state index in [4.69, 9.17) is 4.42 Å². The van der Waals surface area contributed by atoms with Crippen LogP contribution in [0.3, 0.4) is 0 Å². The van der Waals surface area contributed by atoms with Crippen molar-refractivity contribution in [3.8, 4) is 0 Å². The van der Waals surface area contributed by atoms with E-state index >= 15 is 0 Å². The van der Waals surface area contributed by atoms with E-state index in [1.165, 1.54) is 11.8 Å². The summed E-state index contributed by atoms with van der Waals surface area (Å²) < 4.78 is 5.16. The lowest BCUT2D eigenvalue weighted by molar-refractivity contribution is 0.0372. The molecule has 2 amide bonds. The fourth-order valence-corrected chi connectivity index (χ4v) is 1.92. The molecule has 5 nitrogen and oxygen atoms in total. The van der Waals surface area contributed by atoms with Crippen molar-refractivity contribution < 1.29 is 14.3 Å². The maximum absolute atomic E-state index is 11.9. The Morgan fingerprint density at radius 3 is 2.67 bits per heavy atom. The molecule has 0 aliphatic carbocycles. The summed E-state index contributed by atoms with van der Waals surface area (Å²) in [7, 11) is 0. The number of aryl methyl sites for hydroxylation is 2. The van der Waals surface area contributed by atoms with Gasteiger partial charge in [-0.15, -0.1) is 0 Å². The van der Waals surface area contributed by atoms with Crippen molar-refractivity contribution in [3.05, 3.63) is 53.5 Å². The molecule has 0 aliphatic rings. The van der Waals surface area contributed by atoms with Crippen LogP contribution >= 0.6 is 0 Å². The first kappa shape index (κ1) is 15.1. The van der Waals surface area contributed by atoms with Gasteiger partial charge in [0.25, 0.3) is 0 Å². The van der Waals surface area contributed by atoms with Crippen LogP contribution in [-0.4, -0.2) is 17.7 Å². The van der Waals surface area contributed by atoms with Gasteiger partial charge in [-0.2, -0.15) is 0 Å².